The summed E-state index contributed by atoms with van der Waals surface area (Å²) in [7, 11) is 0. The van der Waals surface area contributed by atoms with Gasteiger partial charge in [0.25, 0.3) is 0 Å². The molecule has 0 saturated heterocycles. The molecule has 0 fully saturated rings. The minimum absolute atomic E-state index is 0.627. The largest absolute Gasteiger partial charge is 0.302 e. The molecule has 2 aromatic heterocycles. The first-order valence-corrected chi connectivity index (χ1v) is 20.9. The van der Waals surface area contributed by atoms with Gasteiger partial charge in [0.1, 0.15) is 22.6 Å². The average Bonchev–Trinajstić information content (AvgIpc) is 3.85. The number of rotatable bonds is 10. The Balaban J connectivity index is 1.40. The van der Waals surface area contributed by atoms with Crippen LogP contribution in [0.1, 0.15) is 43.0 Å². The second-order valence-corrected chi connectivity index (χ2v) is 17.0. The van der Waals surface area contributed by atoms with Crippen molar-refractivity contribution in [2.75, 3.05) is 9.80 Å². The van der Waals surface area contributed by atoms with E-state index in [4.69, 9.17) is 0 Å². The van der Waals surface area contributed by atoms with Gasteiger partial charge in [0, 0.05) is 65.2 Å². The molecule has 0 aliphatic carbocycles. The summed E-state index contributed by atoms with van der Waals surface area (Å²) in [5.74, 6) is 0. The lowest BCUT2D eigenvalue weighted by atomic mass is 9.92. The summed E-state index contributed by atoms with van der Waals surface area (Å²) >= 11 is 3.55. The van der Waals surface area contributed by atoms with Crippen LogP contribution in [0.15, 0.2) is 158 Å². The number of fused-ring (bicyclic) bond motifs is 2. The smallest absolute Gasteiger partial charge is 0.150 e. The van der Waals surface area contributed by atoms with Gasteiger partial charge in [0.2, 0.25) is 0 Å². The molecule has 282 valence electrons. The number of hydrogen-bond acceptors (Lipinski definition) is 6. The van der Waals surface area contributed by atoms with Gasteiger partial charge in [-0.3, -0.25) is 9.59 Å². The molecule has 0 aliphatic heterocycles. The molecule has 4 nitrogen and oxygen atoms in total. The lowest BCUT2D eigenvalue weighted by Gasteiger charge is -2.24. The molecule has 9 aromatic rings. The molecular weight excluding hydrogens is 749 g/mol. The molecule has 0 bridgehead atoms. The van der Waals surface area contributed by atoms with Crippen molar-refractivity contribution in [2.24, 2.45) is 0 Å². The first kappa shape index (κ1) is 37.0. The molecule has 9 rings (SSSR count). The Morgan fingerprint density at radius 1 is 0.397 bits per heavy atom. The van der Waals surface area contributed by atoms with Crippen molar-refractivity contribution in [3.05, 3.63) is 191 Å². The first-order chi connectivity index (χ1) is 28.3. The Hall–Kier alpha value is -6.60. The van der Waals surface area contributed by atoms with E-state index in [2.05, 4.69) is 159 Å². The molecular formula is C52H40N2O2S2. The molecule has 6 heteroatoms. The summed E-state index contributed by atoms with van der Waals surface area (Å²) in [5.41, 5.74) is 14.5. The van der Waals surface area contributed by atoms with E-state index in [0.717, 1.165) is 78.4 Å². The highest BCUT2D eigenvalue weighted by molar-refractivity contribution is 7.25. The van der Waals surface area contributed by atoms with E-state index in [1.165, 1.54) is 31.7 Å². The minimum atomic E-state index is 0.627. The summed E-state index contributed by atoms with van der Waals surface area (Å²) in [6.07, 6.45) is 1.82. The number of anilines is 6. The van der Waals surface area contributed by atoms with Gasteiger partial charge in [-0.15, -0.1) is 22.7 Å². The van der Waals surface area contributed by atoms with Crippen LogP contribution in [0.4, 0.5) is 32.8 Å². The van der Waals surface area contributed by atoms with Gasteiger partial charge >= 0.3 is 0 Å². The van der Waals surface area contributed by atoms with Crippen LogP contribution < -0.4 is 9.80 Å². The van der Waals surface area contributed by atoms with E-state index in [9.17, 15) is 9.59 Å². The van der Waals surface area contributed by atoms with E-state index < -0.39 is 0 Å². The molecule has 0 amide bonds. The number of carbonyl (C=O) groups excluding carboxylic acids is 2. The first-order valence-electron chi connectivity index (χ1n) is 19.3. The third kappa shape index (κ3) is 6.91. The number of aldehydes is 2. The maximum atomic E-state index is 12.1. The Kier molecular flexibility index (Phi) is 9.82. The molecule has 0 atom stereocenters. The van der Waals surface area contributed by atoms with Crippen molar-refractivity contribution < 1.29 is 9.59 Å². The van der Waals surface area contributed by atoms with Crippen LogP contribution in [0.3, 0.4) is 0 Å². The second kappa shape index (κ2) is 15.4. The molecule has 0 unspecified atom stereocenters. The molecule has 0 aliphatic rings. The Bertz CT molecular complexity index is 2770. The van der Waals surface area contributed by atoms with Crippen molar-refractivity contribution in [3.8, 4) is 22.3 Å². The predicted octanol–water partition coefficient (Wildman–Crippen LogP) is 15.2. The molecule has 0 radical (unpaired) electrons. The van der Waals surface area contributed by atoms with Gasteiger partial charge in [-0.1, -0.05) is 108 Å². The Morgan fingerprint density at radius 3 is 1.10 bits per heavy atom. The minimum Gasteiger partial charge on any atom is -0.302 e. The van der Waals surface area contributed by atoms with Crippen molar-refractivity contribution in [1.29, 1.82) is 0 Å². The number of carbonyl (C=O) groups is 2. The number of aryl methyl sites for hydroxylation is 4. The van der Waals surface area contributed by atoms with Gasteiger partial charge in [-0.05, 0) is 111 Å². The third-order valence-corrected chi connectivity index (χ3v) is 12.8. The number of hydrogen-bond donors (Lipinski definition) is 0. The number of thiophene rings is 2. The molecule has 0 spiro atoms. The molecule has 0 saturated carbocycles. The maximum Gasteiger partial charge on any atom is 0.150 e. The highest BCUT2D eigenvalue weighted by atomic mass is 32.1. The standard InChI is InChI=1S/C52H40N2O2S2/c1-33-11-5-17-39(23-33)49-45-29-47(53(41-19-7-13-35(3)25-41)43-21-9-15-37(27-43)31-55)58-52(45)50(40-18-6-12-34(2)24-40)46-30-48(57-51(46)49)54(42-20-8-14-36(4)26-42)44-22-10-16-38(28-44)32-56/h5-32H,1-4H3. The summed E-state index contributed by atoms with van der Waals surface area (Å²) < 4.78 is 2.37. The van der Waals surface area contributed by atoms with E-state index in [0.29, 0.717) is 11.1 Å². The monoisotopic (exact) mass is 788 g/mol. The third-order valence-electron chi connectivity index (χ3n) is 10.5. The van der Waals surface area contributed by atoms with E-state index >= 15 is 0 Å². The van der Waals surface area contributed by atoms with Crippen LogP contribution in [-0.2, 0) is 0 Å². The van der Waals surface area contributed by atoms with Gasteiger partial charge in [-0.25, -0.2) is 0 Å². The topological polar surface area (TPSA) is 40.6 Å². The van der Waals surface area contributed by atoms with Crippen LogP contribution >= 0.6 is 22.7 Å². The van der Waals surface area contributed by atoms with Crippen molar-refractivity contribution in [1.82, 2.24) is 0 Å². The van der Waals surface area contributed by atoms with Gasteiger partial charge < -0.3 is 9.80 Å². The van der Waals surface area contributed by atoms with E-state index in [1.807, 2.05) is 36.4 Å². The lowest BCUT2D eigenvalue weighted by molar-refractivity contribution is 0.111. The zero-order valence-electron chi connectivity index (χ0n) is 32.7. The average molecular weight is 789 g/mol. The summed E-state index contributed by atoms with van der Waals surface area (Å²) in [6, 6.07) is 55.1. The van der Waals surface area contributed by atoms with Gasteiger partial charge in [0.15, 0.2) is 0 Å². The molecule has 7 aromatic carbocycles. The maximum absolute atomic E-state index is 12.1. The van der Waals surface area contributed by atoms with Crippen LogP contribution in [0.25, 0.3) is 42.4 Å². The van der Waals surface area contributed by atoms with Crippen LogP contribution in [-0.4, -0.2) is 12.6 Å². The zero-order chi connectivity index (χ0) is 39.9. The Labute approximate surface area is 346 Å². The number of benzene rings is 7. The fourth-order valence-electron chi connectivity index (χ4n) is 7.95. The lowest BCUT2D eigenvalue weighted by Crippen LogP contribution is -2.08. The summed E-state index contributed by atoms with van der Waals surface area (Å²) in [4.78, 5) is 28.7. The second-order valence-electron chi connectivity index (χ2n) is 14.9. The highest BCUT2D eigenvalue weighted by Crippen LogP contribution is 2.55. The van der Waals surface area contributed by atoms with Gasteiger partial charge in [-0.2, -0.15) is 0 Å². The van der Waals surface area contributed by atoms with Crippen LogP contribution in [0, 0.1) is 27.7 Å². The fraction of sp³-hybridized carbons (Fsp3) is 0.0769. The van der Waals surface area contributed by atoms with Crippen LogP contribution in [0.2, 0.25) is 0 Å². The molecule has 0 N–H and O–H groups in total. The van der Waals surface area contributed by atoms with Gasteiger partial charge in [0.05, 0.1) is 0 Å². The zero-order valence-corrected chi connectivity index (χ0v) is 34.3. The molecule has 58 heavy (non-hydrogen) atoms. The van der Waals surface area contributed by atoms with E-state index in [-0.39, 0.29) is 0 Å². The predicted molar refractivity (Wildman–Crippen MR) is 247 cm³/mol. The molecule has 2 heterocycles. The van der Waals surface area contributed by atoms with Crippen LogP contribution in [0.5, 0.6) is 0 Å². The summed E-state index contributed by atoms with van der Waals surface area (Å²) in [5, 5.41) is 4.43. The number of nitrogens with zero attached hydrogens (tertiary/aromatic N) is 2. The summed E-state index contributed by atoms with van der Waals surface area (Å²) in [6.45, 7) is 8.52. The highest BCUT2D eigenvalue weighted by Gasteiger charge is 2.26. The fourth-order valence-corrected chi connectivity index (χ4v) is 10.5. The normalized spacial score (nSPS) is 11.2. The van der Waals surface area contributed by atoms with Crippen molar-refractivity contribution in [3.63, 3.8) is 0 Å². The quantitative estimate of drug-likeness (QED) is 0.129. The van der Waals surface area contributed by atoms with Crippen molar-refractivity contribution in [2.45, 2.75) is 27.7 Å². The Morgan fingerprint density at radius 2 is 0.741 bits per heavy atom. The van der Waals surface area contributed by atoms with E-state index in [1.54, 1.807) is 22.7 Å². The SMILES string of the molecule is Cc1cccc(-c2c3cc(N(c4cccc(C)c4)c4cccc(C=O)c4)sc3c(-c3cccc(C)c3)c3cc(N(c4cccc(C)c4)c4cccc(C=O)c4)sc23)c1. The van der Waals surface area contributed by atoms with Crippen molar-refractivity contribution >= 4 is 88.2 Å².